The number of rotatable bonds is 1. The Morgan fingerprint density at radius 3 is 3.21 bits per heavy atom. The number of hydrogen-bond acceptors (Lipinski definition) is 2. The molecule has 0 aromatic heterocycles. The molecule has 14 heavy (non-hydrogen) atoms. The lowest BCUT2D eigenvalue weighted by atomic mass is 9.97. The fourth-order valence-electron chi connectivity index (χ4n) is 2.52. The summed E-state index contributed by atoms with van der Waals surface area (Å²) >= 11 is 0. The smallest absolute Gasteiger partial charge is 0.122 e. The van der Waals surface area contributed by atoms with E-state index in [1.165, 1.54) is 24.0 Å². The Hall–Kier alpha value is -1.02. The third-order valence-electron chi connectivity index (χ3n) is 3.21. The molecule has 2 heterocycles. The second-order valence-electron chi connectivity index (χ2n) is 4.07. The van der Waals surface area contributed by atoms with Crippen LogP contribution in [0.25, 0.3) is 0 Å². The molecule has 0 spiro atoms. The lowest BCUT2D eigenvalue weighted by Crippen LogP contribution is -2.14. The molecule has 1 fully saturated rings. The average Bonchev–Trinajstić information content (AvgIpc) is 2.88. The van der Waals surface area contributed by atoms with Crippen molar-refractivity contribution in [2.75, 3.05) is 13.2 Å². The summed E-state index contributed by atoms with van der Waals surface area (Å²) in [4.78, 5) is 0. The first-order valence-electron chi connectivity index (χ1n) is 5.43. The predicted molar refractivity (Wildman–Crippen MR) is 55.6 cm³/mol. The van der Waals surface area contributed by atoms with E-state index in [2.05, 4.69) is 23.5 Å². The highest BCUT2D eigenvalue weighted by Crippen LogP contribution is 2.34. The van der Waals surface area contributed by atoms with Crippen LogP contribution in [0.3, 0.4) is 0 Å². The molecule has 1 aromatic carbocycles. The fourth-order valence-corrected chi connectivity index (χ4v) is 2.52. The maximum absolute atomic E-state index is 5.57. The average molecular weight is 189 g/mol. The predicted octanol–water partition coefficient (Wildman–Crippen LogP) is 2.05. The van der Waals surface area contributed by atoms with Gasteiger partial charge in [0.15, 0.2) is 0 Å². The monoisotopic (exact) mass is 189 g/mol. The van der Waals surface area contributed by atoms with Crippen LogP contribution in [0, 0.1) is 0 Å². The Labute approximate surface area is 84.3 Å². The molecule has 2 heteroatoms. The third-order valence-corrected chi connectivity index (χ3v) is 3.21. The highest BCUT2D eigenvalue weighted by atomic mass is 16.5. The van der Waals surface area contributed by atoms with Crippen LogP contribution in [-0.4, -0.2) is 13.2 Å². The zero-order valence-electron chi connectivity index (χ0n) is 8.25. The first-order valence-corrected chi connectivity index (χ1v) is 5.43. The highest BCUT2D eigenvalue weighted by Gasteiger charge is 2.23. The molecule has 0 saturated carbocycles. The molecule has 74 valence electrons. The normalized spacial score (nSPS) is 24.7. The summed E-state index contributed by atoms with van der Waals surface area (Å²) in [5, 5.41) is 3.55. The van der Waals surface area contributed by atoms with E-state index in [0.29, 0.717) is 6.04 Å². The Bertz CT molecular complexity index is 342. The van der Waals surface area contributed by atoms with Crippen LogP contribution in [0.5, 0.6) is 5.75 Å². The highest BCUT2D eigenvalue weighted by molar-refractivity contribution is 5.44. The lowest BCUT2D eigenvalue weighted by molar-refractivity contribution is 0.357. The summed E-state index contributed by atoms with van der Waals surface area (Å²) in [6, 6.07) is 7.02. The van der Waals surface area contributed by atoms with E-state index in [-0.39, 0.29) is 0 Å². The van der Waals surface area contributed by atoms with E-state index in [1.807, 2.05) is 0 Å². The summed E-state index contributed by atoms with van der Waals surface area (Å²) in [6.07, 6.45) is 3.66. The third kappa shape index (κ3) is 1.22. The molecular weight excluding hydrogens is 174 g/mol. The van der Waals surface area contributed by atoms with Gasteiger partial charge in [-0.15, -0.1) is 0 Å². The minimum Gasteiger partial charge on any atom is -0.493 e. The van der Waals surface area contributed by atoms with Gasteiger partial charge in [-0.25, -0.2) is 0 Å². The van der Waals surface area contributed by atoms with E-state index in [9.17, 15) is 0 Å². The van der Waals surface area contributed by atoms with Crippen LogP contribution >= 0.6 is 0 Å². The van der Waals surface area contributed by atoms with Crippen LogP contribution in [0.4, 0.5) is 0 Å². The van der Waals surface area contributed by atoms with E-state index < -0.39 is 0 Å². The SMILES string of the molecule is c1cc2c(c([C@@H]3CCCN3)c1)CCO2. The molecule has 1 aromatic rings. The zero-order chi connectivity index (χ0) is 9.38. The Kier molecular flexibility index (Phi) is 1.95. The number of ether oxygens (including phenoxy) is 1. The second-order valence-corrected chi connectivity index (χ2v) is 4.07. The van der Waals surface area contributed by atoms with Crippen molar-refractivity contribution in [3.63, 3.8) is 0 Å². The standard InChI is InChI=1S/C12H15NO/c1-3-9(11-4-2-7-13-11)10-6-8-14-12(10)5-1/h1,3,5,11,13H,2,4,6-8H2/t11-/m0/s1. The van der Waals surface area contributed by atoms with Crippen molar-refractivity contribution in [1.29, 1.82) is 0 Å². The molecule has 1 atom stereocenters. The van der Waals surface area contributed by atoms with Gasteiger partial charge in [-0.3, -0.25) is 0 Å². The molecule has 0 bridgehead atoms. The van der Waals surface area contributed by atoms with Crippen molar-refractivity contribution < 1.29 is 4.74 Å². The van der Waals surface area contributed by atoms with E-state index in [4.69, 9.17) is 4.74 Å². The molecular formula is C12H15NO. The molecule has 3 rings (SSSR count). The second kappa shape index (κ2) is 3.28. The molecule has 0 unspecified atom stereocenters. The van der Waals surface area contributed by atoms with Gasteiger partial charge < -0.3 is 10.1 Å². The van der Waals surface area contributed by atoms with Gasteiger partial charge in [-0.1, -0.05) is 12.1 Å². The molecule has 2 aliphatic rings. The van der Waals surface area contributed by atoms with Gasteiger partial charge in [-0.05, 0) is 31.0 Å². The van der Waals surface area contributed by atoms with Crippen molar-refractivity contribution in [1.82, 2.24) is 5.32 Å². The maximum Gasteiger partial charge on any atom is 0.122 e. The first kappa shape index (κ1) is 8.30. The summed E-state index contributed by atoms with van der Waals surface area (Å²) in [5.74, 6) is 1.11. The van der Waals surface area contributed by atoms with Gasteiger partial charge in [0.2, 0.25) is 0 Å². The molecule has 2 aliphatic heterocycles. The molecule has 1 N–H and O–H groups in total. The molecule has 2 nitrogen and oxygen atoms in total. The van der Waals surface area contributed by atoms with E-state index >= 15 is 0 Å². The van der Waals surface area contributed by atoms with Gasteiger partial charge >= 0.3 is 0 Å². The number of nitrogens with one attached hydrogen (secondary N) is 1. The minimum atomic E-state index is 0.576. The number of benzene rings is 1. The number of fused-ring (bicyclic) bond motifs is 1. The minimum absolute atomic E-state index is 0.576. The van der Waals surface area contributed by atoms with Crippen molar-refractivity contribution >= 4 is 0 Å². The lowest BCUT2D eigenvalue weighted by Gasteiger charge is -2.13. The Morgan fingerprint density at radius 1 is 1.36 bits per heavy atom. The number of hydrogen-bond donors (Lipinski definition) is 1. The van der Waals surface area contributed by atoms with Crippen LogP contribution in [0.2, 0.25) is 0 Å². The molecule has 0 amide bonds. The van der Waals surface area contributed by atoms with Crippen molar-refractivity contribution in [2.45, 2.75) is 25.3 Å². The molecule has 0 aliphatic carbocycles. The van der Waals surface area contributed by atoms with Crippen molar-refractivity contribution in [2.24, 2.45) is 0 Å². The summed E-state index contributed by atoms with van der Waals surface area (Å²) < 4.78 is 5.57. The van der Waals surface area contributed by atoms with Crippen LogP contribution in [0.1, 0.15) is 30.0 Å². The van der Waals surface area contributed by atoms with Crippen LogP contribution < -0.4 is 10.1 Å². The Balaban J connectivity index is 2.00. The van der Waals surface area contributed by atoms with Crippen molar-refractivity contribution in [3.05, 3.63) is 29.3 Å². The van der Waals surface area contributed by atoms with Gasteiger partial charge in [0.1, 0.15) is 5.75 Å². The largest absolute Gasteiger partial charge is 0.493 e. The Morgan fingerprint density at radius 2 is 2.36 bits per heavy atom. The molecule has 0 radical (unpaired) electrons. The maximum atomic E-state index is 5.57. The van der Waals surface area contributed by atoms with Crippen LogP contribution in [0.15, 0.2) is 18.2 Å². The summed E-state index contributed by atoms with van der Waals surface area (Å²) in [7, 11) is 0. The van der Waals surface area contributed by atoms with Gasteiger partial charge in [-0.2, -0.15) is 0 Å². The summed E-state index contributed by atoms with van der Waals surface area (Å²) in [6.45, 7) is 2.02. The van der Waals surface area contributed by atoms with Gasteiger partial charge in [0, 0.05) is 18.0 Å². The quantitative estimate of drug-likeness (QED) is 0.730. The summed E-state index contributed by atoms with van der Waals surface area (Å²) in [5.41, 5.74) is 2.91. The van der Waals surface area contributed by atoms with Crippen molar-refractivity contribution in [3.8, 4) is 5.75 Å². The topological polar surface area (TPSA) is 21.3 Å². The van der Waals surface area contributed by atoms with E-state index in [1.54, 1.807) is 0 Å². The zero-order valence-corrected chi connectivity index (χ0v) is 8.25. The van der Waals surface area contributed by atoms with Gasteiger partial charge in [0.25, 0.3) is 0 Å². The molecule has 1 saturated heterocycles. The first-order chi connectivity index (χ1) is 6.95. The van der Waals surface area contributed by atoms with Gasteiger partial charge in [0.05, 0.1) is 6.61 Å². The van der Waals surface area contributed by atoms with E-state index in [0.717, 1.165) is 25.3 Å². The fraction of sp³-hybridized carbons (Fsp3) is 0.500. The van der Waals surface area contributed by atoms with Crippen LogP contribution in [-0.2, 0) is 6.42 Å².